The van der Waals surface area contributed by atoms with Crippen molar-refractivity contribution in [3.05, 3.63) is 58.6 Å². The molecule has 2 aliphatic rings. The molecule has 3 atom stereocenters. The van der Waals surface area contributed by atoms with Crippen LogP contribution in [0.1, 0.15) is 76.8 Å². The zero-order valence-electron chi connectivity index (χ0n) is 27.9. The molecule has 1 aliphatic carbocycles. The molecule has 0 aromatic heterocycles. The molecule has 2 fully saturated rings. The molecule has 264 valence electrons. The van der Waals surface area contributed by atoms with Gasteiger partial charge in [0.1, 0.15) is 29.5 Å². The lowest BCUT2D eigenvalue weighted by molar-refractivity contribution is -0.142. The van der Waals surface area contributed by atoms with Gasteiger partial charge in [-0.2, -0.15) is 13.2 Å². The maximum absolute atomic E-state index is 14.2. The molecule has 2 aromatic carbocycles. The number of nitrogens with zero attached hydrogens (tertiary/aromatic N) is 1. The van der Waals surface area contributed by atoms with Crippen molar-refractivity contribution in [1.82, 2.24) is 15.5 Å². The third-order valence-corrected chi connectivity index (χ3v) is 9.00. The van der Waals surface area contributed by atoms with Crippen molar-refractivity contribution in [1.29, 1.82) is 0 Å². The molecule has 0 bridgehead atoms. The fraction of sp³-hybridized carbons (Fsp3) is 0.571. The number of rotatable bonds is 11. The average Bonchev–Trinajstić information content (AvgIpc) is 3.52. The van der Waals surface area contributed by atoms with Gasteiger partial charge >= 0.3 is 12.3 Å². The Balaban J connectivity index is 1.47. The third kappa shape index (κ3) is 10.4. The Morgan fingerprint density at radius 2 is 1.65 bits per heavy atom. The van der Waals surface area contributed by atoms with E-state index in [-0.39, 0.29) is 24.1 Å². The highest BCUT2D eigenvalue weighted by atomic mass is 35.5. The van der Waals surface area contributed by atoms with E-state index in [4.69, 9.17) is 21.1 Å². The topological polar surface area (TPSA) is 109 Å². The molecule has 9 nitrogen and oxygen atoms in total. The Hall–Kier alpha value is -3.67. The van der Waals surface area contributed by atoms with Crippen LogP contribution in [0.25, 0.3) is 0 Å². The Bertz CT molecular complexity index is 1410. The summed E-state index contributed by atoms with van der Waals surface area (Å²) < 4.78 is 53.1. The predicted octanol–water partition coefficient (Wildman–Crippen LogP) is 7.01. The lowest BCUT2D eigenvalue weighted by atomic mass is 9.83. The molecule has 1 saturated carbocycles. The minimum atomic E-state index is -4.58. The van der Waals surface area contributed by atoms with Gasteiger partial charge in [0.2, 0.25) is 11.8 Å². The highest BCUT2D eigenvalue weighted by molar-refractivity contribution is 6.30. The summed E-state index contributed by atoms with van der Waals surface area (Å²) in [5, 5.41) is 8.52. The van der Waals surface area contributed by atoms with Crippen LogP contribution in [0.3, 0.4) is 0 Å². The van der Waals surface area contributed by atoms with Crippen LogP contribution >= 0.6 is 11.6 Å². The number of benzene rings is 2. The predicted molar refractivity (Wildman–Crippen MR) is 178 cm³/mol. The van der Waals surface area contributed by atoms with Crippen LogP contribution in [0.2, 0.25) is 5.02 Å². The average molecular weight is 695 g/mol. The highest BCUT2D eigenvalue weighted by Crippen LogP contribution is 2.31. The first-order valence-electron chi connectivity index (χ1n) is 16.5. The number of hydrogen-bond donors (Lipinski definition) is 3. The largest absolute Gasteiger partial charge is 0.497 e. The summed E-state index contributed by atoms with van der Waals surface area (Å²) in [5.41, 5.74) is 0.330. The molecule has 13 heteroatoms. The number of hydrogen-bond acceptors (Lipinski definition) is 6. The number of carbonyl (C=O) groups excluding carboxylic acids is 3. The van der Waals surface area contributed by atoms with Crippen molar-refractivity contribution in [2.24, 2.45) is 5.92 Å². The second kappa shape index (κ2) is 16.2. The first kappa shape index (κ1) is 37.2. The number of ether oxygens (including phenoxy) is 2. The van der Waals surface area contributed by atoms with Crippen LogP contribution in [-0.4, -0.2) is 66.4 Å². The van der Waals surface area contributed by atoms with Gasteiger partial charge in [-0.3, -0.25) is 9.59 Å². The van der Waals surface area contributed by atoms with Crippen LogP contribution in [0.4, 0.5) is 23.7 Å². The molecular weight excluding hydrogens is 649 g/mol. The van der Waals surface area contributed by atoms with Gasteiger partial charge in [0.15, 0.2) is 0 Å². The molecular formula is C35H46ClF3N4O5. The van der Waals surface area contributed by atoms with Crippen LogP contribution < -0.4 is 20.7 Å². The maximum atomic E-state index is 14.2. The van der Waals surface area contributed by atoms with Crippen LogP contribution in [0, 0.1) is 5.92 Å². The lowest BCUT2D eigenvalue weighted by Crippen LogP contribution is -2.56. The summed E-state index contributed by atoms with van der Waals surface area (Å²) in [6.07, 6.45) is -0.141. The van der Waals surface area contributed by atoms with Gasteiger partial charge in [-0.05, 0) is 99.9 Å². The molecule has 0 radical (unpaired) electrons. The number of alkyl halides is 3. The van der Waals surface area contributed by atoms with Gasteiger partial charge < -0.3 is 30.3 Å². The number of alkyl carbamates (subject to hydrolysis) is 1. The van der Waals surface area contributed by atoms with Crippen molar-refractivity contribution in [3.8, 4) is 5.75 Å². The van der Waals surface area contributed by atoms with Gasteiger partial charge in [0.05, 0.1) is 7.11 Å². The lowest BCUT2D eigenvalue weighted by Gasteiger charge is -2.35. The monoisotopic (exact) mass is 694 g/mol. The number of methoxy groups -OCH3 is 1. The van der Waals surface area contributed by atoms with Crippen LogP contribution in [0.15, 0.2) is 42.5 Å². The Morgan fingerprint density at radius 3 is 2.27 bits per heavy atom. The Labute approximate surface area is 285 Å². The van der Waals surface area contributed by atoms with Gasteiger partial charge in [-0.25, -0.2) is 4.79 Å². The number of anilines is 1. The van der Waals surface area contributed by atoms with Gasteiger partial charge in [-0.1, -0.05) is 36.9 Å². The summed E-state index contributed by atoms with van der Waals surface area (Å²) in [6, 6.07) is 7.22. The second-order valence-electron chi connectivity index (χ2n) is 13.5. The van der Waals surface area contributed by atoms with E-state index in [1.54, 1.807) is 39.0 Å². The van der Waals surface area contributed by atoms with Crippen molar-refractivity contribution >= 4 is 35.2 Å². The van der Waals surface area contributed by atoms with E-state index in [0.29, 0.717) is 41.3 Å². The molecule has 1 saturated heterocycles. The highest BCUT2D eigenvalue weighted by Gasteiger charge is 2.42. The first-order valence-corrected chi connectivity index (χ1v) is 16.8. The van der Waals surface area contributed by atoms with Crippen LogP contribution in [-0.2, 0) is 27.3 Å². The molecule has 1 aliphatic heterocycles. The minimum absolute atomic E-state index is 0.0785. The van der Waals surface area contributed by atoms with E-state index < -0.39 is 48.3 Å². The molecule has 2 aromatic rings. The molecule has 1 unspecified atom stereocenters. The van der Waals surface area contributed by atoms with E-state index in [1.807, 2.05) is 0 Å². The van der Waals surface area contributed by atoms with Crippen molar-refractivity contribution in [3.63, 3.8) is 0 Å². The normalized spacial score (nSPS) is 18.5. The SMILES string of the molecule is COc1ccc(NC(Cc2ccc(Cl)cc2CNC(=O)[C@@H]2CCCN2C(=O)[C@H](NC(=O)OC(C)(C)C)C2CCCCC2)C(F)(F)F)cc1. The quantitative estimate of drug-likeness (QED) is 0.234. The molecule has 1 heterocycles. The Kier molecular flexibility index (Phi) is 12.5. The van der Waals surface area contributed by atoms with Crippen molar-refractivity contribution in [2.45, 2.75) is 109 Å². The van der Waals surface area contributed by atoms with Gasteiger partial charge in [0, 0.05) is 30.2 Å². The smallest absolute Gasteiger partial charge is 0.408 e. The van der Waals surface area contributed by atoms with E-state index in [2.05, 4.69) is 16.0 Å². The summed E-state index contributed by atoms with van der Waals surface area (Å²) in [6.45, 7) is 5.51. The number of carbonyl (C=O) groups is 3. The van der Waals surface area contributed by atoms with Crippen molar-refractivity contribution in [2.75, 3.05) is 19.0 Å². The summed E-state index contributed by atoms with van der Waals surface area (Å²) in [4.78, 5) is 41.8. The third-order valence-electron chi connectivity index (χ3n) is 8.77. The van der Waals surface area contributed by atoms with Crippen LogP contribution in [0.5, 0.6) is 5.75 Å². The van der Waals surface area contributed by atoms with Gasteiger partial charge in [-0.15, -0.1) is 0 Å². The zero-order chi connectivity index (χ0) is 35.1. The molecule has 0 spiro atoms. The standard InChI is InChI=1S/C35H46ClF3N4O5/c1-34(2,3)48-33(46)42-30(22-9-6-5-7-10-22)32(45)43-18-8-11-28(43)31(44)40-21-24-19-25(36)13-12-23(24)20-29(35(37,38)39)41-26-14-16-27(47-4)17-15-26/h12-17,19,22,28-30,41H,5-11,18,20-21H2,1-4H3,(H,40,44)(H,42,46)/t28-,29?,30+/m0/s1. The minimum Gasteiger partial charge on any atom is -0.497 e. The number of amides is 3. The molecule has 3 N–H and O–H groups in total. The Morgan fingerprint density at radius 1 is 0.958 bits per heavy atom. The van der Waals surface area contributed by atoms with E-state index in [1.165, 1.54) is 36.3 Å². The summed E-state index contributed by atoms with van der Waals surface area (Å²) in [7, 11) is 1.47. The molecule has 48 heavy (non-hydrogen) atoms. The van der Waals surface area contributed by atoms with Gasteiger partial charge in [0.25, 0.3) is 0 Å². The van der Waals surface area contributed by atoms with E-state index in [9.17, 15) is 27.6 Å². The number of likely N-dealkylation sites (tertiary alicyclic amines) is 1. The van der Waals surface area contributed by atoms with E-state index >= 15 is 0 Å². The fourth-order valence-corrected chi connectivity index (χ4v) is 6.57. The summed E-state index contributed by atoms with van der Waals surface area (Å²) in [5.74, 6) is -0.307. The molecule has 3 amide bonds. The summed E-state index contributed by atoms with van der Waals surface area (Å²) >= 11 is 6.24. The zero-order valence-corrected chi connectivity index (χ0v) is 28.7. The second-order valence-corrected chi connectivity index (χ2v) is 14.0. The van der Waals surface area contributed by atoms with Crippen molar-refractivity contribution < 1.29 is 37.0 Å². The fourth-order valence-electron chi connectivity index (χ4n) is 6.38. The number of halogens is 4. The maximum Gasteiger partial charge on any atom is 0.408 e. The number of nitrogens with one attached hydrogen (secondary N) is 3. The molecule has 4 rings (SSSR count). The van der Waals surface area contributed by atoms with E-state index in [0.717, 1.165) is 32.1 Å². The first-order chi connectivity index (χ1) is 22.6.